The van der Waals surface area contributed by atoms with Gasteiger partial charge in [0.15, 0.2) is 12.2 Å². The first-order valence-electron chi connectivity index (χ1n) is 12.6. The lowest BCUT2D eigenvalue weighted by molar-refractivity contribution is -0.175. The van der Waals surface area contributed by atoms with Crippen LogP contribution >= 0.6 is 11.6 Å². The number of nitrogens with two attached hydrogens (primary N) is 1. The van der Waals surface area contributed by atoms with Crippen molar-refractivity contribution in [1.29, 1.82) is 0 Å². The van der Waals surface area contributed by atoms with Gasteiger partial charge in [-0.2, -0.15) is 0 Å². The van der Waals surface area contributed by atoms with E-state index in [4.69, 9.17) is 31.9 Å². The molecule has 2 fully saturated rings. The molecular formula is C25H34ClN3O9. The number of carboxylic acids is 2. The van der Waals surface area contributed by atoms with E-state index >= 15 is 0 Å². The maximum atomic E-state index is 12.9. The van der Waals surface area contributed by atoms with Crippen molar-refractivity contribution in [3.05, 3.63) is 22.2 Å². The van der Waals surface area contributed by atoms with Gasteiger partial charge in [-0.1, -0.05) is 18.5 Å². The van der Waals surface area contributed by atoms with Crippen molar-refractivity contribution in [2.75, 3.05) is 51.7 Å². The number of anilines is 1. The molecule has 1 aromatic carbocycles. The summed E-state index contributed by atoms with van der Waals surface area (Å²) in [5.41, 5.74) is 6.82. The number of nitrogens with one attached hydrogen (secondary N) is 1. The van der Waals surface area contributed by atoms with E-state index in [0.29, 0.717) is 65.9 Å². The van der Waals surface area contributed by atoms with Crippen molar-refractivity contribution in [2.24, 2.45) is 23.2 Å². The molecule has 1 amide bonds. The van der Waals surface area contributed by atoms with E-state index < -0.39 is 29.6 Å². The number of aliphatic hydroxyl groups is 2. The van der Waals surface area contributed by atoms with Crippen LogP contribution < -0.4 is 15.8 Å². The van der Waals surface area contributed by atoms with Gasteiger partial charge >= 0.3 is 11.9 Å². The first-order chi connectivity index (χ1) is 18.0. The molecule has 38 heavy (non-hydrogen) atoms. The summed E-state index contributed by atoms with van der Waals surface area (Å²) in [7, 11) is 0. The highest BCUT2D eigenvalue weighted by Gasteiger charge is 2.55. The van der Waals surface area contributed by atoms with Crippen LogP contribution in [0.5, 0.6) is 5.75 Å². The Hall–Kier alpha value is -2.64. The number of piperidine rings is 1. The number of fused-ring (bicyclic) bond motifs is 2. The molecule has 1 aromatic rings. The van der Waals surface area contributed by atoms with Crippen molar-refractivity contribution < 1.29 is 44.3 Å². The van der Waals surface area contributed by atoms with Gasteiger partial charge in [-0.25, -0.2) is 9.59 Å². The molecule has 13 heteroatoms. The number of likely N-dealkylation sites (tertiary alicyclic amines) is 1. The number of rotatable bonds is 12. The minimum absolute atomic E-state index is 0.243. The van der Waals surface area contributed by atoms with Crippen LogP contribution in [0.3, 0.4) is 0 Å². The minimum atomic E-state index is -2.22. The highest BCUT2D eigenvalue weighted by atomic mass is 35.5. The number of nitrogens with zero attached hydrogens (tertiary/aromatic N) is 1. The van der Waals surface area contributed by atoms with Gasteiger partial charge in [0, 0.05) is 37.2 Å². The number of carbonyl (C=O) groups is 3. The second-order valence-electron chi connectivity index (χ2n) is 10.8. The second-order valence-corrected chi connectivity index (χ2v) is 11.2. The molecule has 12 nitrogen and oxygen atoms in total. The topological polar surface area (TPSA) is 192 Å². The fraction of sp³-hybridized carbons (Fsp3) is 0.640. The normalized spacial score (nSPS) is 25.3. The Balaban J connectivity index is 1.27. The maximum absolute atomic E-state index is 12.9. The number of aliphatic carboxylic acids is 2. The molecule has 1 saturated carbocycles. The smallest absolute Gasteiger partial charge is 0.336 e. The molecule has 2 aliphatic heterocycles. The van der Waals surface area contributed by atoms with E-state index in [1.165, 1.54) is 0 Å². The average Bonchev–Trinajstić information content (AvgIpc) is 3.34. The molecule has 0 radical (unpaired) electrons. The van der Waals surface area contributed by atoms with Gasteiger partial charge < -0.3 is 45.9 Å². The number of benzene rings is 1. The third-order valence-corrected chi connectivity index (χ3v) is 8.07. The van der Waals surface area contributed by atoms with Crippen molar-refractivity contribution in [3.8, 4) is 5.75 Å². The Morgan fingerprint density at radius 1 is 1.29 bits per heavy atom. The summed E-state index contributed by atoms with van der Waals surface area (Å²) < 4.78 is 11.0. The molecule has 3 aliphatic rings. The number of carbonyl (C=O) groups excluding carboxylic acids is 1. The number of hydrogen-bond acceptors (Lipinski definition) is 9. The summed E-state index contributed by atoms with van der Waals surface area (Å²) in [6.45, 7) is 4.06. The van der Waals surface area contributed by atoms with Crippen LogP contribution in [-0.2, 0) is 20.7 Å². The van der Waals surface area contributed by atoms with E-state index in [9.17, 15) is 29.7 Å². The second kappa shape index (κ2) is 11.2. The molecule has 1 aliphatic carbocycles. The van der Waals surface area contributed by atoms with E-state index in [1.807, 2.05) is 0 Å². The molecule has 1 saturated heterocycles. The fourth-order valence-electron chi connectivity index (χ4n) is 5.58. The lowest BCUT2D eigenvalue weighted by atomic mass is 9.92. The monoisotopic (exact) mass is 555 g/mol. The molecule has 0 aromatic heterocycles. The zero-order valence-electron chi connectivity index (χ0n) is 21.1. The molecule has 0 spiro atoms. The standard InChI is InChI=1S/C25H34ClN3O9/c1-25(10-30,11-38-21(24(35)36)19(31)23(33)34)9-29-7-15-14(16(15)8-29)6-28-22(32)13-5-17(26)18(27)12-3-2-4-37-20(12)13/h5,14-16,19,21,30-31H,2-4,6-11,27H2,1H3,(H,28,32)(H,33,34)(H,35,36). The Kier molecular flexibility index (Phi) is 8.38. The molecule has 2 heterocycles. The third-order valence-electron chi connectivity index (χ3n) is 7.76. The molecule has 0 bridgehead atoms. The predicted molar refractivity (Wildman–Crippen MR) is 135 cm³/mol. The highest BCUT2D eigenvalue weighted by Crippen LogP contribution is 2.51. The maximum Gasteiger partial charge on any atom is 0.336 e. The van der Waals surface area contributed by atoms with Crippen LogP contribution in [-0.4, -0.2) is 101 Å². The zero-order valence-corrected chi connectivity index (χ0v) is 21.8. The summed E-state index contributed by atoms with van der Waals surface area (Å²) >= 11 is 6.25. The molecule has 5 atom stereocenters. The van der Waals surface area contributed by atoms with Gasteiger partial charge in [0.05, 0.1) is 36.1 Å². The molecule has 210 valence electrons. The number of nitrogen functional groups attached to an aromatic ring is 1. The van der Waals surface area contributed by atoms with Gasteiger partial charge in [0.25, 0.3) is 5.91 Å². The number of hydrogen-bond donors (Lipinski definition) is 6. The lowest BCUT2D eigenvalue weighted by Gasteiger charge is -2.34. The van der Waals surface area contributed by atoms with Crippen molar-refractivity contribution in [3.63, 3.8) is 0 Å². The van der Waals surface area contributed by atoms with Crippen molar-refractivity contribution in [1.82, 2.24) is 10.2 Å². The molecule has 4 rings (SSSR count). The molecular weight excluding hydrogens is 522 g/mol. The number of amides is 1. The predicted octanol–water partition coefficient (Wildman–Crippen LogP) is 0.0687. The Bertz CT molecular complexity index is 1090. The van der Waals surface area contributed by atoms with Crippen LogP contribution in [0.4, 0.5) is 5.69 Å². The molecule has 5 unspecified atom stereocenters. The number of ether oxygens (including phenoxy) is 2. The summed E-state index contributed by atoms with van der Waals surface area (Å²) in [5, 5.41) is 41.0. The zero-order chi connectivity index (χ0) is 27.8. The van der Waals surface area contributed by atoms with Gasteiger partial charge in [-0.15, -0.1) is 0 Å². The fourth-order valence-corrected chi connectivity index (χ4v) is 5.80. The van der Waals surface area contributed by atoms with Crippen LogP contribution in [0.15, 0.2) is 6.07 Å². The van der Waals surface area contributed by atoms with Crippen LogP contribution in [0.2, 0.25) is 5.02 Å². The van der Waals surface area contributed by atoms with Crippen molar-refractivity contribution >= 4 is 35.1 Å². The molecule has 7 N–H and O–H groups in total. The number of halogens is 1. The van der Waals surface area contributed by atoms with Gasteiger partial charge in [0.2, 0.25) is 0 Å². The SMILES string of the molecule is CC(CO)(COC(C(=O)O)C(O)C(=O)O)CN1CC2C(CNC(=O)c3cc(Cl)c(N)c4c3OCCC4)C2C1. The van der Waals surface area contributed by atoms with Gasteiger partial charge in [0.1, 0.15) is 5.75 Å². The van der Waals surface area contributed by atoms with Crippen LogP contribution in [0, 0.1) is 23.2 Å². The quantitative estimate of drug-likeness (QED) is 0.191. The van der Waals surface area contributed by atoms with E-state index in [1.54, 1.807) is 13.0 Å². The lowest BCUT2D eigenvalue weighted by Crippen LogP contribution is -2.47. The Labute approximate surface area is 224 Å². The Morgan fingerprint density at radius 3 is 2.58 bits per heavy atom. The van der Waals surface area contributed by atoms with Crippen LogP contribution in [0.25, 0.3) is 0 Å². The first kappa shape index (κ1) is 28.4. The van der Waals surface area contributed by atoms with Crippen molar-refractivity contribution in [2.45, 2.75) is 32.0 Å². The first-order valence-corrected chi connectivity index (χ1v) is 12.9. The summed E-state index contributed by atoms with van der Waals surface area (Å²) in [5.74, 6) is -1.99. The number of aliphatic hydroxyl groups excluding tert-OH is 2. The van der Waals surface area contributed by atoms with Gasteiger partial charge in [-0.05, 0) is 36.7 Å². The van der Waals surface area contributed by atoms with E-state index in [0.717, 1.165) is 25.1 Å². The third kappa shape index (κ3) is 5.84. The van der Waals surface area contributed by atoms with Crippen LogP contribution in [0.1, 0.15) is 29.3 Å². The van der Waals surface area contributed by atoms with E-state index in [-0.39, 0.29) is 19.1 Å². The summed E-state index contributed by atoms with van der Waals surface area (Å²) in [6, 6.07) is 1.55. The summed E-state index contributed by atoms with van der Waals surface area (Å²) in [4.78, 5) is 37.4. The number of carboxylic acid groups (broad SMARTS) is 2. The highest BCUT2D eigenvalue weighted by molar-refractivity contribution is 6.33. The van der Waals surface area contributed by atoms with E-state index in [2.05, 4.69) is 10.2 Å². The Morgan fingerprint density at radius 2 is 1.97 bits per heavy atom. The summed E-state index contributed by atoms with van der Waals surface area (Å²) in [6.07, 6.45) is -2.64. The largest absolute Gasteiger partial charge is 0.492 e. The average molecular weight is 556 g/mol. The minimum Gasteiger partial charge on any atom is -0.492 e. The van der Waals surface area contributed by atoms with Gasteiger partial charge in [-0.3, -0.25) is 4.79 Å².